The van der Waals surface area contributed by atoms with Crippen molar-refractivity contribution < 1.29 is 19.4 Å². The van der Waals surface area contributed by atoms with Crippen molar-refractivity contribution in [1.82, 2.24) is 10.2 Å². The third kappa shape index (κ3) is 3.53. The number of aliphatic carboxylic acids is 1. The van der Waals surface area contributed by atoms with Crippen LogP contribution < -0.4 is 10.1 Å². The zero-order valence-electron chi connectivity index (χ0n) is 14.9. The molecule has 0 aromatic heterocycles. The van der Waals surface area contributed by atoms with Gasteiger partial charge in [0.1, 0.15) is 5.75 Å². The molecule has 1 amide bonds. The maximum atomic E-state index is 12.4. The number of carboxylic acid groups (broad SMARTS) is 1. The van der Waals surface area contributed by atoms with E-state index < -0.39 is 23.2 Å². The lowest BCUT2D eigenvalue weighted by molar-refractivity contribution is -0.140. The van der Waals surface area contributed by atoms with Crippen LogP contribution in [0.1, 0.15) is 25.5 Å². The zero-order chi connectivity index (χ0) is 18.1. The number of methoxy groups -OCH3 is 1. The Kier molecular flexibility index (Phi) is 5.18. The number of carbonyl (C=O) groups excluding carboxylic acids is 1. The minimum absolute atomic E-state index is 0.00463. The van der Waals surface area contributed by atoms with Gasteiger partial charge in [-0.2, -0.15) is 0 Å². The van der Waals surface area contributed by atoms with Gasteiger partial charge in [0.2, 0.25) is 5.91 Å². The van der Waals surface area contributed by atoms with E-state index in [0.717, 1.165) is 11.3 Å². The fourth-order valence-corrected chi connectivity index (χ4v) is 3.32. The molecule has 0 saturated heterocycles. The number of hydrogen-bond acceptors (Lipinski definition) is 4. The first-order valence-corrected chi connectivity index (χ1v) is 8.01. The lowest BCUT2D eigenvalue weighted by atomic mass is 10.1. The van der Waals surface area contributed by atoms with Crippen LogP contribution in [0.25, 0.3) is 0 Å². The van der Waals surface area contributed by atoms with Gasteiger partial charge in [0.05, 0.1) is 25.0 Å². The molecule has 0 aliphatic heterocycles. The van der Waals surface area contributed by atoms with Crippen molar-refractivity contribution in [3.63, 3.8) is 0 Å². The van der Waals surface area contributed by atoms with Crippen molar-refractivity contribution in [1.29, 1.82) is 0 Å². The smallest absolute Gasteiger partial charge is 0.307 e. The lowest BCUT2D eigenvalue weighted by Crippen LogP contribution is -2.36. The van der Waals surface area contributed by atoms with Crippen LogP contribution in [-0.4, -0.2) is 49.6 Å². The Balaban J connectivity index is 2.02. The maximum absolute atomic E-state index is 12.4. The Labute approximate surface area is 142 Å². The molecule has 1 aliphatic rings. The van der Waals surface area contributed by atoms with Gasteiger partial charge in [-0.25, -0.2) is 0 Å². The van der Waals surface area contributed by atoms with Crippen LogP contribution in [-0.2, 0) is 9.59 Å². The predicted molar refractivity (Wildman–Crippen MR) is 90.8 cm³/mol. The van der Waals surface area contributed by atoms with Crippen LogP contribution in [0.4, 0.5) is 0 Å². The minimum atomic E-state index is -0.903. The van der Waals surface area contributed by atoms with Crippen LogP contribution >= 0.6 is 0 Å². The topological polar surface area (TPSA) is 78.9 Å². The van der Waals surface area contributed by atoms with E-state index in [2.05, 4.69) is 5.32 Å². The quantitative estimate of drug-likeness (QED) is 0.794. The summed E-state index contributed by atoms with van der Waals surface area (Å²) in [6, 6.07) is 7.72. The van der Waals surface area contributed by atoms with E-state index >= 15 is 0 Å². The molecule has 6 heteroatoms. The Morgan fingerprint density at radius 1 is 1.25 bits per heavy atom. The van der Waals surface area contributed by atoms with Crippen molar-refractivity contribution in [3.8, 4) is 5.75 Å². The second-order valence-electron chi connectivity index (χ2n) is 7.11. The molecule has 2 rings (SSSR count). The number of hydrogen-bond donors (Lipinski definition) is 2. The Morgan fingerprint density at radius 2 is 1.83 bits per heavy atom. The lowest BCUT2D eigenvalue weighted by Gasteiger charge is -2.25. The van der Waals surface area contributed by atoms with Gasteiger partial charge in [0.25, 0.3) is 0 Å². The molecule has 1 fully saturated rings. The highest BCUT2D eigenvalue weighted by Gasteiger charge is 2.65. The molecule has 1 saturated carbocycles. The van der Waals surface area contributed by atoms with E-state index in [0.29, 0.717) is 6.54 Å². The molecule has 1 aliphatic carbocycles. The zero-order valence-corrected chi connectivity index (χ0v) is 14.9. The van der Waals surface area contributed by atoms with Crippen LogP contribution in [0.15, 0.2) is 24.3 Å². The third-order valence-electron chi connectivity index (χ3n) is 4.97. The summed E-state index contributed by atoms with van der Waals surface area (Å²) in [4.78, 5) is 25.6. The molecule has 24 heavy (non-hydrogen) atoms. The molecule has 3 atom stereocenters. The van der Waals surface area contributed by atoms with Crippen molar-refractivity contribution >= 4 is 11.9 Å². The second kappa shape index (κ2) is 6.81. The van der Waals surface area contributed by atoms with Crippen LogP contribution in [0.5, 0.6) is 5.75 Å². The average molecular weight is 334 g/mol. The summed E-state index contributed by atoms with van der Waals surface area (Å²) in [7, 11) is 5.51. The molecule has 0 bridgehead atoms. The summed E-state index contributed by atoms with van der Waals surface area (Å²) in [5.41, 5.74) is 0.579. The summed E-state index contributed by atoms with van der Waals surface area (Å²) in [5.74, 6) is -1.37. The predicted octanol–water partition coefficient (Wildman–Crippen LogP) is 1.77. The number of carbonyl (C=O) groups is 2. The average Bonchev–Trinajstić information content (AvgIpc) is 3.10. The number of carboxylic acids is 1. The van der Waals surface area contributed by atoms with E-state index in [1.165, 1.54) is 0 Å². The minimum Gasteiger partial charge on any atom is -0.497 e. The molecule has 0 radical (unpaired) electrons. The monoisotopic (exact) mass is 334 g/mol. The normalized spacial score (nSPS) is 22.8. The maximum Gasteiger partial charge on any atom is 0.307 e. The van der Waals surface area contributed by atoms with E-state index in [1.807, 2.05) is 57.1 Å². The fourth-order valence-electron chi connectivity index (χ4n) is 3.32. The van der Waals surface area contributed by atoms with Gasteiger partial charge in [0, 0.05) is 6.54 Å². The number of ether oxygens (including phenoxy) is 1. The van der Waals surface area contributed by atoms with Crippen LogP contribution in [0.2, 0.25) is 0 Å². The summed E-state index contributed by atoms with van der Waals surface area (Å²) in [5, 5.41) is 12.1. The standard InChI is InChI=1S/C18H26N2O4/c1-18(2)14(15(18)17(22)23)16(21)19-10-13(20(3)4)11-6-8-12(24-5)9-7-11/h6-9,13-15H,10H2,1-5H3,(H,19,21)(H,22,23). The Hall–Kier alpha value is -2.08. The second-order valence-corrected chi connectivity index (χ2v) is 7.11. The molecule has 1 aromatic rings. The number of amides is 1. The van der Waals surface area contributed by atoms with E-state index in [1.54, 1.807) is 7.11 Å². The summed E-state index contributed by atoms with van der Waals surface area (Å²) in [6.07, 6.45) is 0. The van der Waals surface area contributed by atoms with Crippen molar-refractivity contribution in [3.05, 3.63) is 29.8 Å². The SMILES string of the molecule is COc1ccc(C(CNC(=O)C2C(C(=O)O)C2(C)C)N(C)C)cc1. The third-order valence-corrected chi connectivity index (χ3v) is 4.97. The van der Waals surface area contributed by atoms with E-state index in [9.17, 15) is 14.7 Å². The van der Waals surface area contributed by atoms with Gasteiger partial charge in [-0.1, -0.05) is 26.0 Å². The van der Waals surface area contributed by atoms with Crippen LogP contribution in [0.3, 0.4) is 0 Å². The first-order chi connectivity index (χ1) is 11.2. The molecule has 0 spiro atoms. The molecular formula is C18H26N2O4. The highest BCUT2D eigenvalue weighted by atomic mass is 16.5. The van der Waals surface area contributed by atoms with Gasteiger partial charge in [-0.3, -0.25) is 9.59 Å². The molecule has 6 nitrogen and oxygen atoms in total. The number of benzene rings is 1. The Morgan fingerprint density at radius 3 is 2.25 bits per heavy atom. The highest BCUT2D eigenvalue weighted by molar-refractivity contribution is 5.91. The summed E-state index contributed by atoms with van der Waals surface area (Å²) in [6.45, 7) is 4.07. The molecule has 1 aromatic carbocycles. The van der Waals surface area contributed by atoms with Gasteiger partial charge in [-0.15, -0.1) is 0 Å². The molecule has 3 unspecified atom stereocenters. The molecule has 2 N–H and O–H groups in total. The van der Waals surface area contributed by atoms with Gasteiger partial charge in [-0.05, 0) is 37.2 Å². The Bertz CT molecular complexity index is 610. The van der Waals surface area contributed by atoms with Crippen molar-refractivity contribution in [2.45, 2.75) is 19.9 Å². The van der Waals surface area contributed by atoms with Crippen molar-refractivity contribution in [2.24, 2.45) is 17.3 Å². The number of nitrogens with one attached hydrogen (secondary N) is 1. The summed E-state index contributed by atoms with van der Waals surface area (Å²) >= 11 is 0. The van der Waals surface area contributed by atoms with Crippen LogP contribution in [0, 0.1) is 17.3 Å². The number of likely N-dealkylation sites (N-methyl/N-ethyl adjacent to an activating group) is 1. The highest BCUT2D eigenvalue weighted by Crippen LogP contribution is 2.58. The van der Waals surface area contributed by atoms with Gasteiger partial charge < -0.3 is 20.1 Å². The fraction of sp³-hybridized carbons (Fsp3) is 0.556. The molecule has 132 valence electrons. The number of rotatable bonds is 7. The summed E-state index contributed by atoms with van der Waals surface area (Å²) < 4.78 is 5.17. The first kappa shape index (κ1) is 18.3. The van der Waals surface area contributed by atoms with Gasteiger partial charge >= 0.3 is 5.97 Å². The first-order valence-electron chi connectivity index (χ1n) is 8.01. The number of nitrogens with zero attached hydrogens (tertiary/aromatic N) is 1. The largest absolute Gasteiger partial charge is 0.497 e. The van der Waals surface area contributed by atoms with E-state index in [-0.39, 0.29) is 11.9 Å². The molecular weight excluding hydrogens is 308 g/mol. The van der Waals surface area contributed by atoms with Gasteiger partial charge in [0.15, 0.2) is 0 Å². The molecule has 0 heterocycles. The van der Waals surface area contributed by atoms with Crippen molar-refractivity contribution in [2.75, 3.05) is 27.7 Å². The van der Waals surface area contributed by atoms with E-state index in [4.69, 9.17) is 4.74 Å².